The van der Waals surface area contributed by atoms with Gasteiger partial charge in [-0.05, 0) is 48.9 Å². The van der Waals surface area contributed by atoms with Crippen LogP contribution >= 0.6 is 0 Å². The molecule has 0 bridgehead atoms. The molecule has 0 spiro atoms. The molecule has 4 rings (SSSR count). The van der Waals surface area contributed by atoms with E-state index in [0.29, 0.717) is 24.5 Å². The maximum absolute atomic E-state index is 13.4. The monoisotopic (exact) mass is 447 g/mol. The molecular weight excluding hydrogens is 418 g/mol. The summed E-state index contributed by atoms with van der Waals surface area (Å²) in [6, 6.07) is 18.7. The predicted octanol–water partition coefficient (Wildman–Crippen LogP) is 4.49. The van der Waals surface area contributed by atoms with Crippen LogP contribution in [0, 0.1) is 12.8 Å². The van der Waals surface area contributed by atoms with Gasteiger partial charge in [-0.25, -0.2) is 0 Å². The molecule has 2 atom stereocenters. The number of aryl methyl sites for hydroxylation is 1. The molecule has 0 saturated carbocycles. The van der Waals surface area contributed by atoms with E-state index in [1.807, 2.05) is 63.2 Å². The third kappa shape index (κ3) is 5.08. The summed E-state index contributed by atoms with van der Waals surface area (Å²) >= 11 is 0. The molecule has 1 saturated heterocycles. The highest BCUT2D eigenvalue weighted by molar-refractivity contribution is 5.90. The Hall–Kier alpha value is -3.61. The van der Waals surface area contributed by atoms with Crippen molar-refractivity contribution in [3.05, 3.63) is 72.1 Å². The summed E-state index contributed by atoms with van der Waals surface area (Å²) in [4.78, 5) is 33.4. The molecule has 7 heteroatoms. The van der Waals surface area contributed by atoms with Crippen LogP contribution in [0.5, 0.6) is 5.75 Å². The largest absolute Gasteiger partial charge is 0.379 e. The van der Waals surface area contributed by atoms with E-state index in [1.54, 1.807) is 23.1 Å². The molecule has 33 heavy (non-hydrogen) atoms. The van der Waals surface area contributed by atoms with Crippen molar-refractivity contribution in [1.82, 2.24) is 15.5 Å². The fourth-order valence-electron chi connectivity index (χ4n) is 4.27. The normalized spacial score (nSPS) is 16.6. The summed E-state index contributed by atoms with van der Waals surface area (Å²) < 4.78 is 5.39. The van der Waals surface area contributed by atoms with E-state index in [4.69, 9.17) is 9.36 Å². The van der Waals surface area contributed by atoms with Crippen LogP contribution in [0.4, 0.5) is 0 Å². The van der Waals surface area contributed by atoms with Gasteiger partial charge in [0, 0.05) is 12.6 Å². The van der Waals surface area contributed by atoms with E-state index >= 15 is 0 Å². The molecule has 7 nitrogen and oxygen atoms in total. The van der Waals surface area contributed by atoms with Crippen molar-refractivity contribution in [2.75, 3.05) is 6.54 Å². The zero-order valence-corrected chi connectivity index (χ0v) is 19.2. The Bertz CT molecular complexity index is 1090. The molecule has 0 radical (unpaired) electrons. The van der Waals surface area contributed by atoms with E-state index in [0.717, 1.165) is 23.2 Å². The van der Waals surface area contributed by atoms with Gasteiger partial charge in [0.1, 0.15) is 17.7 Å². The molecule has 1 N–H and O–H groups in total. The second kappa shape index (κ2) is 9.90. The molecule has 1 aliphatic rings. The number of carbonyl (C=O) groups is 2. The van der Waals surface area contributed by atoms with Gasteiger partial charge in [-0.1, -0.05) is 61.5 Å². The van der Waals surface area contributed by atoms with Gasteiger partial charge in [0.15, 0.2) is 5.75 Å². The lowest BCUT2D eigenvalue weighted by Gasteiger charge is -2.28. The number of aromatic nitrogens is 1. The lowest BCUT2D eigenvalue weighted by Crippen LogP contribution is -2.48. The second-order valence-electron chi connectivity index (χ2n) is 8.74. The Morgan fingerprint density at radius 3 is 2.42 bits per heavy atom. The molecule has 1 aromatic heterocycles. The molecule has 1 fully saturated rings. The first-order chi connectivity index (χ1) is 15.9. The maximum atomic E-state index is 13.4. The average molecular weight is 448 g/mol. The highest BCUT2D eigenvalue weighted by atomic mass is 16.7. The summed E-state index contributed by atoms with van der Waals surface area (Å²) in [6.07, 6.45) is 1.35. The summed E-state index contributed by atoms with van der Waals surface area (Å²) in [5, 5.41) is 3.93. The minimum absolute atomic E-state index is 0.00791. The van der Waals surface area contributed by atoms with Crippen molar-refractivity contribution in [2.45, 2.75) is 45.6 Å². The zero-order valence-electron chi connectivity index (χ0n) is 19.2. The quantitative estimate of drug-likeness (QED) is 0.540. The van der Waals surface area contributed by atoms with Crippen molar-refractivity contribution in [2.24, 2.45) is 5.92 Å². The number of nitrogens with zero attached hydrogens (tertiary/aromatic N) is 2. The van der Waals surface area contributed by atoms with E-state index in [-0.39, 0.29) is 17.7 Å². The third-order valence-electron chi connectivity index (χ3n) is 5.95. The number of amides is 2. The van der Waals surface area contributed by atoms with E-state index in [9.17, 15) is 9.59 Å². The summed E-state index contributed by atoms with van der Waals surface area (Å²) in [5.74, 6) is 0.138. The molecule has 2 aromatic carbocycles. The molecule has 2 amide bonds. The fourth-order valence-corrected chi connectivity index (χ4v) is 4.27. The third-order valence-corrected chi connectivity index (χ3v) is 5.95. The van der Waals surface area contributed by atoms with Crippen LogP contribution in [-0.2, 0) is 9.59 Å². The van der Waals surface area contributed by atoms with Crippen LogP contribution in [0.2, 0.25) is 0 Å². The van der Waals surface area contributed by atoms with E-state index in [1.165, 1.54) is 0 Å². The molecule has 0 aliphatic carbocycles. The van der Waals surface area contributed by atoms with Crippen LogP contribution < -0.4 is 10.3 Å². The van der Waals surface area contributed by atoms with Gasteiger partial charge in [0.25, 0.3) is 5.91 Å². The lowest BCUT2D eigenvalue weighted by atomic mass is 9.91. The summed E-state index contributed by atoms with van der Waals surface area (Å²) in [7, 11) is 0. The Morgan fingerprint density at radius 2 is 1.79 bits per heavy atom. The Kier molecular flexibility index (Phi) is 6.77. The Balaban J connectivity index is 1.40. The maximum Gasteiger partial charge on any atom is 0.275 e. The van der Waals surface area contributed by atoms with Gasteiger partial charge in [0.05, 0.1) is 5.69 Å². The van der Waals surface area contributed by atoms with Crippen LogP contribution in [0.25, 0.3) is 11.1 Å². The molecule has 2 unspecified atom stereocenters. The highest BCUT2D eigenvalue weighted by Crippen LogP contribution is 2.31. The lowest BCUT2D eigenvalue weighted by molar-refractivity contribution is -0.143. The number of carbonyl (C=O) groups excluding carboxylic acids is 2. The van der Waals surface area contributed by atoms with Crippen molar-refractivity contribution in [1.29, 1.82) is 0 Å². The number of benzene rings is 2. The van der Waals surface area contributed by atoms with Crippen LogP contribution in [-0.4, -0.2) is 34.5 Å². The van der Waals surface area contributed by atoms with Crippen LogP contribution in [0.3, 0.4) is 0 Å². The van der Waals surface area contributed by atoms with Gasteiger partial charge in [0.2, 0.25) is 5.91 Å². The van der Waals surface area contributed by atoms with Crippen molar-refractivity contribution < 1.29 is 18.9 Å². The number of hydrogen-bond acceptors (Lipinski definition) is 5. The number of likely N-dealkylation sites (tertiary alicyclic amines) is 1. The van der Waals surface area contributed by atoms with Gasteiger partial charge >= 0.3 is 0 Å². The number of hydroxylamine groups is 1. The Labute approximate surface area is 193 Å². The summed E-state index contributed by atoms with van der Waals surface area (Å²) in [5.41, 5.74) is 5.42. The van der Waals surface area contributed by atoms with Gasteiger partial charge < -0.3 is 14.3 Å². The van der Waals surface area contributed by atoms with Crippen molar-refractivity contribution in [3.8, 4) is 16.9 Å². The smallest absolute Gasteiger partial charge is 0.275 e. The minimum Gasteiger partial charge on any atom is -0.379 e. The predicted molar refractivity (Wildman–Crippen MR) is 124 cm³/mol. The zero-order chi connectivity index (χ0) is 23.4. The van der Waals surface area contributed by atoms with Gasteiger partial charge in [-0.3, -0.25) is 9.59 Å². The molecular formula is C26H29N3O4. The van der Waals surface area contributed by atoms with Crippen LogP contribution in [0.15, 0.2) is 65.2 Å². The van der Waals surface area contributed by atoms with E-state index < -0.39 is 12.0 Å². The fraction of sp³-hybridized carbons (Fsp3) is 0.346. The number of nitrogens with one attached hydrogen (secondary N) is 1. The second-order valence-corrected chi connectivity index (χ2v) is 8.74. The average Bonchev–Trinajstić information content (AvgIpc) is 3.48. The Morgan fingerprint density at radius 1 is 1.09 bits per heavy atom. The standard InChI is InChI=1S/C26H29N3O4/c1-17(2)24(23-16-18(3)27-33-23)26(31)29-15-7-10-22(29)25(30)28-32-21-13-11-20(12-14-21)19-8-5-4-6-9-19/h4-6,8-9,11-14,16-17,22,24H,7,10,15H2,1-3H3,(H,28,30). The molecule has 2 heterocycles. The van der Waals surface area contributed by atoms with Crippen molar-refractivity contribution >= 4 is 11.8 Å². The topological polar surface area (TPSA) is 84.7 Å². The molecule has 1 aliphatic heterocycles. The highest BCUT2D eigenvalue weighted by Gasteiger charge is 2.40. The summed E-state index contributed by atoms with van der Waals surface area (Å²) in [6.45, 7) is 6.28. The SMILES string of the molecule is Cc1cc(C(C(=O)N2CCCC2C(=O)NOc2ccc(-c3ccccc3)cc2)C(C)C)on1. The first-order valence-electron chi connectivity index (χ1n) is 11.3. The number of hydrogen-bond donors (Lipinski definition) is 1. The first kappa shape index (κ1) is 22.6. The van der Waals surface area contributed by atoms with Gasteiger partial charge in [-0.15, -0.1) is 0 Å². The van der Waals surface area contributed by atoms with Crippen molar-refractivity contribution in [3.63, 3.8) is 0 Å². The van der Waals surface area contributed by atoms with Gasteiger partial charge in [-0.2, -0.15) is 5.48 Å². The minimum atomic E-state index is -0.577. The van der Waals surface area contributed by atoms with Crippen LogP contribution in [0.1, 0.15) is 44.1 Å². The molecule has 172 valence electrons. The molecule has 3 aromatic rings. The van der Waals surface area contributed by atoms with E-state index in [2.05, 4.69) is 10.6 Å². The first-order valence-corrected chi connectivity index (χ1v) is 11.3. The number of rotatable bonds is 7.